The van der Waals surface area contributed by atoms with E-state index >= 15 is 0 Å². The number of aryl methyl sites for hydroxylation is 1. The van der Waals surface area contributed by atoms with Gasteiger partial charge in [-0.25, -0.2) is 4.98 Å². The SMILES string of the molecule is Cc1ncn(CC(N)C(N)=O)c(=O)c1I. The highest BCUT2D eigenvalue weighted by Crippen LogP contribution is 2.01. The summed E-state index contributed by atoms with van der Waals surface area (Å²) in [6.07, 6.45) is 1.36. The van der Waals surface area contributed by atoms with Crippen LogP contribution < -0.4 is 17.0 Å². The van der Waals surface area contributed by atoms with Crippen LogP contribution in [0.2, 0.25) is 0 Å². The fourth-order valence-electron chi connectivity index (χ4n) is 0.978. The third kappa shape index (κ3) is 2.75. The van der Waals surface area contributed by atoms with E-state index in [1.54, 1.807) is 6.92 Å². The highest BCUT2D eigenvalue weighted by Gasteiger charge is 2.12. The van der Waals surface area contributed by atoms with Gasteiger partial charge >= 0.3 is 0 Å². The number of primary amides is 1. The van der Waals surface area contributed by atoms with E-state index in [1.807, 2.05) is 22.6 Å². The minimum atomic E-state index is -0.872. The van der Waals surface area contributed by atoms with E-state index < -0.39 is 11.9 Å². The van der Waals surface area contributed by atoms with Crippen LogP contribution in [0, 0.1) is 10.5 Å². The highest BCUT2D eigenvalue weighted by atomic mass is 127. The lowest BCUT2D eigenvalue weighted by Crippen LogP contribution is -2.42. The second kappa shape index (κ2) is 4.71. The normalized spacial score (nSPS) is 12.5. The molecule has 0 fully saturated rings. The summed E-state index contributed by atoms with van der Waals surface area (Å²) in [6, 6.07) is -0.872. The number of nitrogens with zero attached hydrogens (tertiary/aromatic N) is 2. The van der Waals surface area contributed by atoms with E-state index in [2.05, 4.69) is 4.98 Å². The molecule has 0 aliphatic rings. The first kappa shape index (κ1) is 12.1. The predicted molar refractivity (Wildman–Crippen MR) is 63.1 cm³/mol. The number of halogens is 1. The summed E-state index contributed by atoms with van der Waals surface area (Å²) in [4.78, 5) is 26.4. The Labute approximate surface area is 99.8 Å². The zero-order chi connectivity index (χ0) is 11.6. The van der Waals surface area contributed by atoms with Crippen LogP contribution in [-0.2, 0) is 11.3 Å². The van der Waals surface area contributed by atoms with Crippen LogP contribution in [0.15, 0.2) is 11.1 Å². The molecule has 0 aromatic carbocycles. The van der Waals surface area contributed by atoms with Crippen LogP contribution in [0.25, 0.3) is 0 Å². The van der Waals surface area contributed by atoms with Gasteiger partial charge in [-0.3, -0.25) is 14.2 Å². The van der Waals surface area contributed by atoms with Gasteiger partial charge in [-0.05, 0) is 29.5 Å². The van der Waals surface area contributed by atoms with Crippen molar-refractivity contribution < 1.29 is 4.79 Å². The van der Waals surface area contributed by atoms with Crippen molar-refractivity contribution in [1.29, 1.82) is 0 Å². The summed E-state index contributed by atoms with van der Waals surface area (Å²) < 4.78 is 1.80. The summed E-state index contributed by atoms with van der Waals surface area (Å²) in [5.41, 5.74) is 10.9. The van der Waals surface area contributed by atoms with Crippen LogP contribution in [-0.4, -0.2) is 21.5 Å². The maximum atomic E-state index is 11.7. The van der Waals surface area contributed by atoms with E-state index in [0.717, 1.165) is 0 Å². The lowest BCUT2D eigenvalue weighted by Gasteiger charge is -2.10. The Balaban J connectivity index is 3.02. The molecule has 0 saturated carbocycles. The first-order chi connectivity index (χ1) is 6.93. The molecule has 7 heteroatoms. The van der Waals surface area contributed by atoms with Crippen molar-refractivity contribution in [2.75, 3.05) is 0 Å². The quantitative estimate of drug-likeness (QED) is 0.694. The maximum absolute atomic E-state index is 11.7. The van der Waals surface area contributed by atoms with Gasteiger partial charge in [0.15, 0.2) is 0 Å². The topological polar surface area (TPSA) is 104 Å². The molecule has 1 amide bonds. The minimum absolute atomic E-state index is 0.0530. The summed E-state index contributed by atoms with van der Waals surface area (Å²) in [5.74, 6) is -0.641. The molecule has 1 aromatic rings. The molecule has 0 aliphatic heterocycles. The van der Waals surface area contributed by atoms with Crippen molar-refractivity contribution in [1.82, 2.24) is 9.55 Å². The van der Waals surface area contributed by atoms with Crippen molar-refractivity contribution in [3.8, 4) is 0 Å². The molecule has 1 atom stereocenters. The second-order valence-corrected chi connectivity index (χ2v) is 4.19. The van der Waals surface area contributed by atoms with Gasteiger partial charge in [0, 0.05) is 0 Å². The molecular formula is C8H11IN4O2. The Kier molecular flexibility index (Phi) is 3.80. The van der Waals surface area contributed by atoms with Crippen molar-refractivity contribution in [2.24, 2.45) is 11.5 Å². The van der Waals surface area contributed by atoms with Crippen molar-refractivity contribution in [2.45, 2.75) is 19.5 Å². The Morgan fingerprint density at radius 2 is 2.33 bits per heavy atom. The monoisotopic (exact) mass is 322 g/mol. The Hall–Kier alpha value is -0.960. The summed E-state index contributed by atoms with van der Waals surface area (Å²) in [5, 5.41) is 0. The number of carbonyl (C=O) groups excluding carboxylic acids is 1. The van der Waals surface area contributed by atoms with E-state index in [1.165, 1.54) is 10.9 Å². The molecule has 0 spiro atoms. The molecule has 1 rings (SSSR count). The molecule has 0 aliphatic carbocycles. The molecule has 1 heterocycles. The minimum Gasteiger partial charge on any atom is -0.368 e. The van der Waals surface area contributed by atoms with Gasteiger partial charge in [0.1, 0.15) is 6.04 Å². The van der Waals surface area contributed by atoms with Crippen LogP contribution >= 0.6 is 22.6 Å². The average molecular weight is 322 g/mol. The number of amides is 1. The molecule has 0 saturated heterocycles. The largest absolute Gasteiger partial charge is 0.368 e. The maximum Gasteiger partial charge on any atom is 0.267 e. The zero-order valence-corrected chi connectivity index (χ0v) is 10.3. The zero-order valence-electron chi connectivity index (χ0n) is 8.11. The Morgan fingerprint density at radius 3 is 2.87 bits per heavy atom. The Bertz CT molecular complexity index is 443. The third-order valence-corrected chi connectivity index (χ3v) is 3.16. The van der Waals surface area contributed by atoms with Gasteiger partial charge in [0.2, 0.25) is 5.91 Å². The summed E-state index contributed by atoms with van der Waals surface area (Å²) in [6.45, 7) is 1.79. The van der Waals surface area contributed by atoms with Crippen molar-refractivity contribution in [3.63, 3.8) is 0 Å². The molecule has 6 nitrogen and oxygen atoms in total. The van der Waals surface area contributed by atoms with Crippen LogP contribution in [0.1, 0.15) is 5.69 Å². The number of rotatable bonds is 3. The van der Waals surface area contributed by atoms with Gasteiger partial charge in [-0.15, -0.1) is 0 Å². The summed E-state index contributed by atoms with van der Waals surface area (Å²) >= 11 is 1.91. The van der Waals surface area contributed by atoms with Crippen molar-refractivity contribution in [3.05, 3.63) is 25.9 Å². The van der Waals surface area contributed by atoms with Gasteiger partial charge in [0.05, 0.1) is 22.1 Å². The fraction of sp³-hybridized carbons (Fsp3) is 0.375. The number of hydrogen-bond donors (Lipinski definition) is 2. The fourth-order valence-corrected chi connectivity index (χ4v) is 1.43. The van der Waals surface area contributed by atoms with Gasteiger partial charge in [-0.1, -0.05) is 0 Å². The highest BCUT2D eigenvalue weighted by molar-refractivity contribution is 14.1. The lowest BCUT2D eigenvalue weighted by atomic mass is 10.3. The van der Waals surface area contributed by atoms with Gasteiger partial charge < -0.3 is 11.5 Å². The standard InChI is InChI=1S/C8H11IN4O2/c1-4-6(9)8(15)13(3-12-4)2-5(10)7(11)14/h3,5H,2,10H2,1H3,(H2,11,14). The average Bonchev–Trinajstić information content (AvgIpc) is 2.18. The third-order valence-electron chi connectivity index (χ3n) is 1.92. The molecule has 0 bridgehead atoms. The molecule has 0 radical (unpaired) electrons. The molecule has 1 unspecified atom stereocenters. The van der Waals surface area contributed by atoms with E-state index in [0.29, 0.717) is 9.26 Å². The predicted octanol–water partition coefficient (Wildman–Crippen LogP) is -1.03. The second-order valence-electron chi connectivity index (χ2n) is 3.11. The Morgan fingerprint density at radius 1 is 1.73 bits per heavy atom. The smallest absolute Gasteiger partial charge is 0.267 e. The number of nitrogens with two attached hydrogens (primary N) is 2. The molecule has 4 N–H and O–H groups in total. The number of carbonyl (C=O) groups is 1. The van der Waals surface area contributed by atoms with Crippen molar-refractivity contribution >= 4 is 28.5 Å². The molecule has 1 aromatic heterocycles. The van der Waals surface area contributed by atoms with E-state index in [4.69, 9.17) is 11.5 Å². The lowest BCUT2D eigenvalue weighted by molar-refractivity contribution is -0.119. The van der Waals surface area contributed by atoms with Crippen LogP contribution in [0.5, 0.6) is 0 Å². The number of hydrogen-bond acceptors (Lipinski definition) is 4. The van der Waals surface area contributed by atoms with Crippen LogP contribution in [0.4, 0.5) is 0 Å². The molecular weight excluding hydrogens is 311 g/mol. The molecule has 15 heavy (non-hydrogen) atoms. The first-order valence-corrected chi connectivity index (χ1v) is 5.27. The van der Waals surface area contributed by atoms with E-state index in [-0.39, 0.29) is 12.1 Å². The van der Waals surface area contributed by atoms with E-state index in [9.17, 15) is 9.59 Å². The van der Waals surface area contributed by atoms with Gasteiger partial charge in [0.25, 0.3) is 5.56 Å². The first-order valence-electron chi connectivity index (χ1n) is 4.20. The van der Waals surface area contributed by atoms with Crippen LogP contribution in [0.3, 0.4) is 0 Å². The summed E-state index contributed by atoms with van der Waals surface area (Å²) in [7, 11) is 0. The number of aromatic nitrogens is 2. The molecule has 82 valence electrons. The van der Waals surface area contributed by atoms with Gasteiger partial charge in [-0.2, -0.15) is 0 Å².